The average Bonchev–Trinajstić information content (AvgIpc) is 2.96. The van der Waals surface area contributed by atoms with Crippen LogP contribution in [0.4, 0.5) is 0 Å². The summed E-state index contributed by atoms with van der Waals surface area (Å²) in [6, 6.07) is 6.74. The summed E-state index contributed by atoms with van der Waals surface area (Å²) in [6.07, 6.45) is 39.4. The van der Waals surface area contributed by atoms with Crippen LogP contribution >= 0.6 is 0 Å². The first-order chi connectivity index (χ1) is 19.7. The molecule has 0 amide bonds. The highest BCUT2D eigenvalue weighted by Gasteiger charge is 1.99. The lowest BCUT2D eigenvalue weighted by atomic mass is 10.0. The van der Waals surface area contributed by atoms with Crippen molar-refractivity contribution >= 4 is 12.0 Å². The largest absolute Gasteiger partial charge is 0.508 e. The summed E-state index contributed by atoms with van der Waals surface area (Å²) < 4.78 is 5.27. The summed E-state index contributed by atoms with van der Waals surface area (Å²) in [7, 11) is 0. The minimum absolute atomic E-state index is 0.223. The van der Waals surface area contributed by atoms with Gasteiger partial charge >= 0.3 is 5.97 Å². The van der Waals surface area contributed by atoms with Crippen molar-refractivity contribution < 1.29 is 14.6 Å². The minimum atomic E-state index is -0.298. The van der Waals surface area contributed by atoms with Crippen LogP contribution in [0.5, 0.6) is 5.75 Å². The van der Waals surface area contributed by atoms with Crippen LogP contribution in [-0.4, -0.2) is 17.7 Å². The number of aromatic hydroxyl groups is 1. The van der Waals surface area contributed by atoms with Crippen molar-refractivity contribution in [2.45, 2.75) is 174 Å². The monoisotopic (exact) mass is 556 g/mol. The van der Waals surface area contributed by atoms with Gasteiger partial charge < -0.3 is 9.84 Å². The molecule has 1 aromatic carbocycles. The van der Waals surface area contributed by atoms with Gasteiger partial charge in [-0.15, -0.1) is 0 Å². The van der Waals surface area contributed by atoms with E-state index in [4.69, 9.17) is 4.74 Å². The van der Waals surface area contributed by atoms with Crippen LogP contribution in [0.3, 0.4) is 0 Å². The smallest absolute Gasteiger partial charge is 0.330 e. The standard InChI is InChI=1S/C37H64O3/c1-2-3-4-5-6-7-8-9-10-11-12-13-14-15-16-17-18-19-20-21-22-23-24-25-26-27-34-40-37(39)33-30-35-28-31-36(38)32-29-35/h28-33,38H,2-27,34H2,1H3/b33-30+. The third-order valence-electron chi connectivity index (χ3n) is 8.05. The van der Waals surface area contributed by atoms with Gasteiger partial charge in [-0.2, -0.15) is 0 Å². The van der Waals surface area contributed by atoms with E-state index in [2.05, 4.69) is 6.92 Å². The van der Waals surface area contributed by atoms with E-state index in [1.165, 1.54) is 160 Å². The number of carbonyl (C=O) groups excluding carboxylic acids is 1. The lowest BCUT2D eigenvalue weighted by Crippen LogP contribution is -2.02. The highest BCUT2D eigenvalue weighted by Crippen LogP contribution is 2.16. The second-order valence-corrected chi connectivity index (χ2v) is 11.9. The molecule has 3 nitrogen and oxygen atoms in total. The van der Waals surface area contributed by atoms with E-state index in [0.29, 0.717) is 6.61 Å². The number of rotatable bonds is 29. The molecule has 0 saturated heterocycles. The summed E-state index contributed by atoms with van der Waals surface area (Å²) >= 11 is 0. The van der Waals surface area contributed by atoms with Gasteiger partial charge in [-0.25, -0.2) is 4.79 Å². The fraction of sp³-hybridized carbons (Fsp3) is 0.757. The molecular weight excluding hydrogens is 492 g/mol. The molecule has 0 bridgehead atoms. The SMILES string of the molecule is CCCCCCCCCCCCCCCCCCCCCCCCCCCCOC(=O)/C=C/c1ccc(O)cc1. The predicted molar refractivity (Wildman–Crippen MR) is 174 cm³/mol. The maximum absolute atomic E-state index is 11.8. The third-order valence-corrected chi connectivity index (χ3v) is 8.05. The number of esters is 1. The lowest BCUT2D eigenvalue weighted by molar-refractivity contribution is -0.137. The van der Waals surface area contributed by atoms with Crippen LogP contribution in [0, 0.1) is 0 Å². The molecule has 40 heavy (non-hydrogen) atoms. The Morgan fingerprint density at radius 1 is 0.550 bits per heavy atom. The van der Waals surface area contributed by atoms with Crippen LogP contribution in [0.1, 0.15) is 179 Å². The molecule has 1 rings (SSSR count). The van der Waals surface area contributed by atoms with E-state index in [-0.39, 0.29) is 11.7 Å². The van der Waals surface area contributed by atoms with Gasteiger partial charge in [-0.1, -0.05) is 180 Å². The molecular formula is C37H64O3. The van der Waals surface area contributed by atoms with Gasteiger partial charge in [0.1, 0.15) is 5.75 Å². The van der Waals surface area contributed by atoms with E-state index in [1.807, 2.05) is 0 Å². The number of ether oxygens (including phenoxy) is 1. The Hall–Kier alpha value is -1.77. The van der Waals surface area contributed by atoms with Crippen LogP contribution < -0.4 is 0 Å². The molecule has 0 atom stereocenters. The Morgan fingerprint density at radius 3 is 1.23 bits per heavy atom. The van der Waals surface area contributed by atoms with Crippen LogP contribution in [-0.2, 0) is 9.53 Å². The fourth-order valence-electron chi connectivity index (χ4n) is 5.39. The molecule has 0 heterocycles. The number of unbranched alkanes of at least 4 members (excludes halogenated alkanes) is 25. The summed E-state index contributed by atoms with van der Waals surface area (Å²) in [5.41, 5.74) is 0.870. The number of phenols is 1. The van der Waals surface area contributed by atoms with Gasteiger partial charge in [0.2, 0.25) is 0 Å². The Kier molecular flexibility index (Phi) is 26.1. The summed E-state index contributed by atoms with van der Waals surface area (Å²) in [4.78, 5) is 11.8. The Balaban J connectivity index is 1.70. The molecule has 0 unspecified atom stereocenters. The van der Waals surface area contributed by atoms with Gasteiger partial charge in [-0.05, 0) is 30.2 Å². The number of hydrogen-bond donors (Lipinski definition) is 1. The van der Waals surface area contributed by atoms with Crippen molar-refractivity contribution in [3.8, 4) is 5.75 Å². The molecule has 0 aliphatic heterocycles. The molecule has 230 valence electrons. The van der Waals surface area contributed by atoms with E-state index in [9.17, 15) is 9.90 Å². The molecule has 0 aromatic heterocycles. The quantitative estimate of drug-likeness (QED) is 0.0606. The summed E-state index contributed by atoms with van der Waals surface area (Å²) in [6.45, 7) is 2.79. The minimum Gasteiger partial charge on any atom is -0.508 e. The number of benzene rings is 1. The van der Waals surface area contributed by atoms with Crippen LogP contribution in [0.2, 0.25) is 0 Å². The highest BCUT2D eigenvalue weighted by molar-refractivity contribution is 5.87. The Morgan fingerprint density at radius 2 is 0.875 bits per heavy atom. The molecule has 3 heteroatoms. The highest BCUT2D eigenvalue weighted by atomic mass is 16.5. The van der Waals surface area contributed by atoms with Crippen LogP contribution in [0.15, 0.2) is 30.3 Å². The van der Waals surface area contributed by atoms with Crippen molar-refractivity contribution in [1.29, 1.82) is 0 Å². The maximum atomic E-state index is 11.8. The number of carbonyl (C=O) groups is 1. The van der Waals surface area contributed by atoms with E-state index in [0.717, 1.165) is 18.4 Å². The first-order valence-corrected chi connectivity index (χ1v) is 17.4. The Bertz CT molecular complexity index is 694. The van der Waals surface area contributed by atoms with Crippen molar-refractivity contribution in [1.82, 2.24) is 0 Å². The fourth-order valence-corrected chi connectivity index (χ4v) is 5.39. The molecule has 1 aromatic rings. The zero-order chi connectivity index (χ0) is 28.8. The second kappa shape index (κ2) is 28.7. The molecule has 0 aliphatic carbocycles. The van der Waals surface area contributed by atoms with Crippen molar-refractivity contribution in [3.63, 3.8) is 0 Å². The molecule has 0 spiro atoms. The van der Waals surface area contributed by atoms with E-state index < -0.39 is 0 Å². The van der Waals surface area contributed by atoms with Crippen molar-refractivity contribution in [2.75, 3.05) is 6.61 Å². The second-order valence-electron chi connectivity index (χ2n) is 11.9. The van der Waals surface area contributed by atoms with Gasteiger partial charge in [0.05, 0.1) is 6.61 Å². The van der Waals surface area contributed by atoms with Gasteiger partial charge in [0.15, 0.2) is 0 Å². The van der Waals surface area contributed by atoms with Gasteiger partial charge in [-0.3, -0.25) is 0 Å². The normalized spacial score (nSPS) is 11.4. The number of phenolic OH excluding ortho intramolecular Hbond substituents is 1. The first kappa shape index (κ1) is 36.3. The third kappa shape index (κ3) is 25.2. The molecule has 1 N–H and O–H groups in total. The maximum Gasteiger partial charge on any atom is 0.330 e. The lowest BCUT2D eigenvalue weighted by Gasteiger charge is -2.05. The van der Waals surface area contributed by atoms with Crippen molar-refractivity contribution in [2.24, 2.45) is 0 Å². The van der Waals surface area contributed by atoms with Crippen molar-refractivity contribution in [3.05, 3.63) is 35.9 Å². The van der Waals surface area contributed by atoms with E-state index >= 15 is 0 Å². The zero-order valence-corrected chi connectivity index (χ0v) is 26.3. The average molecular weight is 557 g/mol. The van der Waals surface area contributed by atoms with E-state index in [1.54, 1.807) is 30.3 Å². The molecule has 0 fully saturated rings. The zero-order valence-electron chi connectivity index (χ0n) is 26.3. The molecule has 0 aliphatic rings. The first-order valence-electron chi connectivity index (χ1n) is 17.4. The molecule has 0 radical (unpaired) electrons. The summed E-state index contributed by atoms with van der Waals surface area (Å²) in [5, 5.41) is 9.28. The van der Waals surface area contributed by atoms with Crippen LogP contribution in [0.25, 0.3) is 6.08 Å². The summed E-state index contributed by atoms with van der Waals surface area (Å²) in [5.74, 6) is -0.0758. The predicted octanol–water partition coefficient (Wildman–Crippen LogP) is 12.1. The number of hydrogen-bond acceptors (Lipinski definition) is 3. The van der Waals surface area contributed by atoms with Gasteiger partial charge in [0.25, 0.3) is 0 Å². The molecule has 0 saturated carbocycles. The topological polar surface area (TPSA) is 46.5 Å². The Labute approximate surface area is 248 Å². The van der Waals surface area contributed by atoms with Gasteiger partial charge in [0, 0.05) is 6.08 Å².